The molecule has 0 aliphatic carbocycles. The molecule has 0 saturated carbocycles. The highest BCUT2D eigenvalue weighted by atomic mass is 16.5. The van der Waals surface area contributed by atoms with Gasteiger partial charge in [-0.3, -0.25) is 19.4 Å². The first-order valence-electron chi connectivity index (χ1n) is 11.6. The van der Waals surface area contributed by atoms with Crippen molar-refractivity contribution in [1.82, 2.24) is 25.4 Å². The van der Waals surface area contributed by atoms with Gasteiger partial charge in [0, 0.05) is 18.8 Å². The number of carbonyl (C=O) groups is 4. The number of nitrogens with zero attached hydrogens (tertiary/aromatic N) is 3. The van der Waals surface area contributed by atoms with E-state index < -0.39 is 35.8 Å². The third kappa shape index (κ3) is 7.62. The zero-order chi connectivity index (χ0) is 26.0. The maximum atomic E-state index is 13.1. The SMILES string of the molecule is CCOC(=O)CC[C@@H](NC(=O)[C@@H](NC(=O)c1cnn(-c2ccncc2)c1C)C(C)C)C(=O)OCC. The number of amides is 2. The standard InChI is InChI=1S/C24H33N5O6/c1-6-34-20(30)9-8-19(24(33)35-7-2)27-23(32)21(15(3)4)28-22(31)18-14-26-29(16(18)5)17-10-12-25-13-11-17/h10-15,19,21H,6-9H2,1-5H3,(H,27,32)(H,28,31)/t19-,21+/m1/s1. The van der Waals surface area contributed by atoms with Crippen LogP contribution < -0.4 is 10.6 Å². The molecule has 2 amide bonds. The number of hydrogen-bond donors (Lipinski definition) is 2. The number of nitrogens with one attached hydrogen (secondary N) is 2. The lowest BCUT2D eigenvalue weighted by Gasteiger charge is -2.24. The quantitative estimate of drug-likeness (QED) is 0.431. The molecule has 11 nitrogen and oxygen atoms in total. The molecule has 0 aliphatic heterocycles. The van der Waals surface area contributed by atoms with E-state index in [2.05, 4.69) is 20.7 Å². The van der Waals surface area contributed by atoms with Crippen LogP contribution in [0.1, 0.15) is 56.6 Å². The molecule has 0 aliphatic rings. The number of ether oxygens (including phenoxy) is 2. The number of pyridine rings is 1. The van der Waals surface area contributed by atoms with Crippen LogP contribution in [-0.2, 0) is 23.9 Å². The van der Waals surface area contributed by atoms with Crippen molar-refractivity contribution in [3.8, 4) is 5.69 Å². The van der Waals surface area contributed by atoms with Crippen LogP contribution >= 0.6 is 0 Å². The maximum Gasteiger partial charge on any atom is 0.328 e. The first-order valence-corrected chi connectivity index (χ1v) is 11.6. The molecule has 0 bridgehead atoms. The third-order valence-electron chi connectivity index (χ3n) is 5.23. The molecular formula is C24H33N5O6. The number of rotatable bonds is 12. The Labute approximate surface area is 204 Å². The Balaban J connectivity index is 2.14. The van der Waals surface area contributed by atoms with Crippen LogP contribution in [0.2, 0.25) is 0 Å². The van der Waals surface area contributed by atoms with Crippen molar-refractivity contribution in [1.29, 1.82) is 0 Å². The van der Waals surface area contributed by atoms with Gasteiger partial charge >= 0.3 is 11.9 Å². The number of carbonyl (C=O) groups excluding carboxylic acids is 4. The van der Waals surface area contributed by atoms with Gasteiger partial charge in [0.15, 0.2) is 0 Å². The normalized spacial score (nSPS) is 12.5. The van der Waals surface area contributed by atoms with Gasteiger partial charge in [-0.15, -0.1) is 0 Å². The molecule has 35 heavy (non-hydrogen) atoms. The van der Waals surface area contributed by atoms with Crippen molar-refractivity contribution in [2.45, 2.75) is 59.5 Å². The Morgan fingerprint density at radius 1 is 1.03 bits per heavy atom. The molecule has 11 heteroatoms. The Kier molecular flexibility index (Phi) is 10.4. The molecule has 2 atom stereocenters. The fourth-order valence-electron chi connectivity index (χ4n) is 3.38. The number of hydrogen-bond acceptors (Lipinski definition) is 8. The molecule has 0 radical (unpaired) electrons. The van der Waals surface area contributed by atoms with Crippen molar-refractivity contribution in [3.05, 3.63) is 42.0 Å². The number of aromatic nitrogens is 3. The van der Waals surface area contributed by atoms with Crippen LogP contribution in [0.25, 0.3) is 5.69 Å². The molecule has 0 spiro atoms. The van der Waals surface area contributed by atoms with Crippen LogP contribution in [0, 0.1) is 12.8 Å². The van der Waals surface area contributed by atoms with Gasteiger partial charge in [0.2, 0.25) is 5.91 Å². The molecule has 2 rings (SSSR count). The van der Waals surface area contributed by atoms with Gasteiger partial charge in [-0.25, -0.2) is 9.48 Å². The van der Waals surface area contributed by atoms with Crippen molar-refractivity contribution in [3.63, 3.8) is 0 Å². The summed E-state index contributed by atoms with van der Waals surface area (Å²) >= 11 is 0. The predicted molar refractivity (Wildman–Crippen MR) is 127 cm³/mol. The molecular weight excluding hydrogens is 454 g/mol. The molecule has 2 heterocycles. The maximum absolute atomic E-state index is 13.1. The van der Waals surface area contributed by atoms with Gasteiger partial charge in [0.05, 0.1) is 36.4 Å². The largest absolute Gasteiger partial charge is 0.466 e. The van der Waals surface area contributed by atoms with E-state index in [1.165, 1.54) is 6.20 Å². The van der Waals surface area contributed by atoms with Crippen molar-refractivity contribution in [2.24, 2.45) is 5.92 Å². The zero-order valence-corrected chi connectivity index (χ0v) is 20.7. The van der Waals surface area contributed by atoms with E-state index in [4.69, 9.17) is 9.47 Å². The monoisotopic (exact) mass is 487 g/mol. The minimum absolute atomic E-state index is 0.0139. The van der Waals surface area contributed by atoms with Gasteiger partial charge in [-0.05, 0) is 45.2 Å². The summed E-state index contributed by atoms with van der Waals surface area (Å²) in [6.07, 6.45) is 4.62. The lowest BCUT2D eigenvalue weighted by molar-refractivity contribution is -0.149. The zero-order valence-electron chi connectivity index (χ0n) is 20.7. The summed E-state index contributed by atoms with van der Waals surface area (Å²) in [5, 5.41) is 9.63. The molecule has 2 N–H and O–H groups in total. The molecule has 0 fully saturated rings. The molecule has 0 unspecified atom stereocenters. The summed E-state index contributed by atoms with van der Waals surface area (Å²) in [5.74, 6) is -2.47. The Morgan fingerprint density at radius 3 is 2.29 bits per heavy atom. The summed E-state index contributed by atoms with van der Waals surface area (Å²) in [5.41, 5.74) is 1.65. The van der Waals surface area contributed by atoms with Gasteiger partial charge in [0.25, 0.3) is 5.91 Å². The minimum Gasteiger partial charge on any atom is -0.466 e. The molecule has 190 valence electrons. The second kappa shape index (κ2) is 13.2. The highest BCUT2D eigenvalue weighted by Gasteiger charge is 2.31. The van der Waals surface area contributed by atoms with E-state index in [1.54, 1.807) is 63.8 Å². The first-order chi connectivity index (χ1) is 16.7. The molecule has 2 aromatic heterocycles. The van der Waals surface area contributed by atoms with E-state index in [0.29, 0.717) is 11.3 Å². The summed E-state index contributed by atoms with van der Waals surface area (Å²) in [6, 6.07) is 1.53. The summed E-state index contributed by atoms with van der Waals surface area (Å²) in [6.45, 7) is 8.96. The average Bonchev–Trinajstić information content (AvgIpc) is 3.21. The van der Waals surface area contributed by atoms with Crippen LogP contribution in [0.5, 0.6) is 0 Å². The number of esters is 2. The summed E-state index contributed by atoms with van der Waals surface area (Å²) in [4.78, 5) is 54.2. The van der Waals surface area contributed by atoms with Gasteiger partial charge < -0.3 is 20.1 Å². The second-order valence-corrected chi connectivity index (χ2v) is 8.11. The second-order valence-electron chi connectivity index (χ2n) is 8.11. The fraction of sp³-hybridized carbons (Fsp3) is 0.500. The van der Waals surface area contributed by atoms with Crippen molar-refractivity contribution in [2.75, 3.05) is 13.2 Å². The first kappa shape index (κ1) is 27.5. The minimum atomic E-state index is -1.05. The van der Waals surface area contributed by atoms with Crippen LogP contribution in [-0.4, -0.2) is 63.8 Å². The van der Waals surface area contributed by atoms with Crippen LogP contribution in [0.3, 0.4) is 0 Å². The Hall–Kier alpha value is -3.76. The van der Waals surface area contributed by atoms with Crippen molar-refractivity contribution < 1.29 is 28.7 Å². The summed E-state index contributed by atoms with van der Waals surface area (Å²) in [7, 11) is 0. The third-order valence-corrected chi connectivity index (χ3v) is 5.23. The van der Waals surface area contributed by atoms with E-state index in [1.807, 2.05) is 0 Å². The highest BCUT2D eigenvalue weighted by molar-refractivity contribution is 5.99. The van der Waals surface area contributed by atoms with Crippen LogP contribution in [0.15, 0.2) is 30.7 Å². The van der Waals surface area contributed by atoms with Gasteiger partial charge in [-0.1, -0.05) is 13.8 Å². The Bertz CT molecular complexity index is 1020. The van der Waals surface area contributed by atoms with E-state index in [0.717, 1.165) is 5.69 Å². The molecule has 2 aromatic rings. The average molecular weight is 488 g/mol. The topological polar surface area (TPSA) is 142 Å². The Morgan fingerprint density at radius 2 is 1.69 bits per heavy atom. The lowest BCUT2D eigenvalue weighted by atomic mass is 10.0. The lowest BCUT2D eigenvalue weighted by Crippen LogP contribution is -2.54. The molecule has 0 aromatic carbocycles. The smallest absolute Gasteiger partial charge is 0.328 e. The van der Waals surface area contributed by atoms with Gasteiger partial charge in [-0.2, -0.15) is 5.10 Å². The fourth-order valence-corrected chi connectivity index (χ4v) is 3.38. The van der Waals surface area contributed by atoms with E-state index >= 15 is 0 Å². The van der Waals surface area contributed by atoms with E-state index in [-0.39, 0.29) is 32.0 Å². The predicted octanol–water partition coefficient (Wildman–Crippen LogP) is 1.72. The summed E-state index contributed by atoms with van der Waals surface area (Å²) < 4.78 is 11.5. The van der Waals surface area contributed by atoms with Crippen LogP contribution in [0.4, 0.5) is 0 Å². The van der Waals surface area contributed by atoms with Gasteiger partial charge in [0.1, 0.15) is 12.1 Å². The molecule has 0 saturated heterocycles. The highest BCUT2D eigenvalue weighted by Crippen LogP contribution is 2.14. The van der Waals surface area contributed by atoms with Crippen molar-refractivity contribution >= 4 is 23.8 Å². The van der Waals surface area contributed by atoms with E-state index in [9.17, 15) is 19.2 Å².